The summed E-state index contributed by atoms with van der Waals surface area (Å²) in [6, 6.07) is 22.1. The van der Waals surface area contributed by atoms with Crippen LogP contribution < -0.4 is 9.62 Å². The first-order valence-electron chi connectivity index (χ1n) is 11.9. The largest absolute Gasteiger partial charge is 0.357 e. The van der Waals surface area contributed by atoms with Gasteiger partial charge in [-0.15, -0.1) is 0 Å². The van der Waals surface area contributed by atoms with Crippen LogP contribution in [0.25, 0.3) is 0 Å². The van der Waals surface area contributed by atoms with Gasteiger partial charge in [0.1, 0.15) is 12.6 Å². The van der Waals surface area contributed by atoms with Crippen molar-refractivity contribution in [3.05, 3.63) is 95.6 Å². The maximum atomic E-state index is 13.8. The van der Waals surface area contributed by atoms with Crippen molar-refractivity contribution in [3.8, 4) is 0 Å². The summed E-state index contributed by atoms with van der Waals surface area (Å²) in [5, 5.41) is 2.63. The lowest BCUT2D eigenvalue weighted by atomic mass is 10.1. The fraction of sp³-hybridized carbons (Fsp3) is 0.286. The number of benzene rings is 3. The average Bonchev–Trinajstić information content (AvgIpc) is 2.88. The van der Waals surface area contributed by atoms with E-state index in [4.69, 9.17) is 0 Å². The summed E-state index contributed by atoms with van der Waals surface area (Å²) < 4.78 is 28.6. The number of carbonyl (C=O) groups is 2. The average molecular weight is 508 g/mol. The second-order valence-electron chi connectivity index (χ2n) is 8.71. The zero-order valence-corrected chi connectivity index (χ0v) is 22.0. The zero-order chi connectivity index (χ0) is 26.3. The Hall–Kier alpha value is -3.65. The molecule has 3 aromatic rings. The molecule has 8 heteroatoms. The molecule has 0 saturated carbocycles. The van der Waals surface area contributed by atoms with Gasteiger partial charge in [0, 0.05) is 13.6 Å². The molecule has 0 aliphatic rings. The number of aryl methyl sites for hydroxylation is 2. The minimum atomic E-state index is -4.06. The molecule has 2 amide bonds. The molecule has 0 radical (unpaired) electrons. The molecule has 0 saturated heterocycles. The lowest BCUT2D eigenvalue weighted by Gasteiger charge is -2.33. The molecule has 0 unspecified atom stereocenters. The van der Waals surface area contributed by atoms with Crippen molar-refractivity contribution >= 4 is 27.5 Å². The summed E-state index contributed by atoms with van der Waals surface area (Å²) in [6.07, 6.45) is 0.382. The summed E-state index contributed by atoms with van der Waals surface area (Å²) in [6.45, 7) is 5.34. The Morgan fingerprint density at radius 1 is 0.861 bits per heavy atom. The first-order valence-corrected chi connectivity index (χ1v) is 13.3. The van der Waals surface area contributed by atoms with Crippen molar-refractivity contribution < 1.29 is 18.0 Å². The molecule has 0 fully saturated rings. The predicted octanol–water partition coefficient (Wildman–Crippen LogP) is 4.05. The number of likely N-dealkylation sites (N-methyl/N-ethyl adjacent to an activating group) is 1. The molecule has 1 atom stereocenters. The van der Waals surface area contributed by atoms with Gasteiger partial charge >= 0.3 is 0 Å². The second kappa shape index (κ2) is 11.9. The normalized spacial score (nSPS) is 12.0. The lowest BCUT2D eigenvalue weighted by molar-refractivity contribution is -0.140. The third-order valence-electron chi connectivity index (χ3n) is 6.04. The molecule has 3 rings (SSSR count). The van der Waals surface area contributed by atoms with Crippen molar-refractivity contribution in [1.29, 1.82) is 0 Å². The number of sulfonamides is 1. The quantitative estimate of drug-likeness (QED) is 0.449. The van der Waals surface area contributed by atoms with E-state index < -0.39 is 28.5 Å². The standard InChI is InChI=1S/C28H33N3O4S/c1-5-26(28(33)29-4)30(19-23-9-7-6-8-10-23)27(32)20-31(24-15-11-21(2)12-16-24)36(34,35)25-17-13-22(3)14-18-25/h6-18,26H,5,19-20H2,1-4H3,(H,29,33)/t26-/m0/s1. The fourth-order valence-electron chi connectivity index (χ4n) is 3.94. The van der Waals surface area contributed by atoms with E-state index in [0.29, 0.717) is 12.1 Å². The minimum absolute atomic E-state index is 0.0921. The fourth-order valence-corrected chi connectivity index (χ4v) is 5.36. The smallest absolute Gasteiger partial charge is 0.264 e. The van der Waals surface area contributed by atoms with Gasteiger partial charge in [0.05, 0.1) is 10.6 Å². The van der Waals surface area contributed by atoms with Crippen LogP contribution in [0.2, 0.25) is 0 Å². The summed E-state index contributed by atoms with van der Waals surface area (Å²) in [5.41, 5.74) is 3.12. The van der Waals surface area contributed by atoms with E-state index in [-0.39, 0.29) is 17.3 Å². The van der Waals surface area contributed by atoms with E-state index in [0.717, 1.165) is 21.0 Å². The molecule has 0 aromatic heterocycles. The maximum absolute atomic E-state index is 13.8. The molecular formula is C28H33N3O4S. The molecule has 36 heavy (non-hydrogen) atoms. The summed E-state index contributed by atoms with van der Waals surface area (Å²) >= 11 is 0. The number of anilines is 1. The van der Waals surface area contributed by atoms with Crippen LogP contribution in [0, 0.1) is 13.8 Å². The van der Waals surface area contributed by atoms with Crippen LogP contribution >= 0.6 is 0 Å². The van der Waals surface area contributed by atoms with Gasteiger partial charge in [0.15, 0.2) is 0 Å². The highest BCUT2D eigenvalue weighted by Crippen LogP contribution is 2.25. The van der Waals surface area contributed by atoms with E-state index in [1.165, 1.54) is 24.1 Å². The highest BCUT2D eigenvalue weighted by molar-refractivity contribution is 7.92. The van der Waals surface area contributed by atoms with Crippen LogP contribution in [0.1, 0.15) is 30.0 Å². The van der Waals surface area contributed by atoms with E-state index >= 15 is 0 Å². The Morgan fingerprint density at radius 2 is 1.42 bits per heavy atom. The lowest BCUT2D eigenvalue weighted by Crippen LogP contribution is -2.51. The minimum Gasteiger partial charge on any atom is -0.357 e. The number of hydrogen-bond donors (Lipinski definition) is 1. The third kappa shape index (κ3) is 6.31. The van der Waals surface area contributed by atoms with Gasteiger partial charge in [-0.05, 0) is 50.1 Å². The first-order chi connectivity index (χ1) is 17.2. The van der Waals surface area contributed by atoms with Crippen molar-refractivity contribution in [2.45, 2.75) is 44.7 Å². The van der Waals surface area contributed by atoms with Gasteiger partial charge in [-0.1, -0.05) is 72.6 Å². The van der Waals surface area contributed by atoms with Gasteiger partial charge < -0.3 is 10.2 Å². The Kier molecular flexibility index (Phi) is 8.88. The summed E-state index contributed by atoms with van der Waals surface area (Å²) in [5.74, 6) is -0.768. The van der Waals surface area contributed by atoms with Crippen LogP contribution in [-0.2, 0) is 26.2 Å². The summed E-state index contributed by atoms with van der Waals surface area (Å²) in [4.78, 5) is 28.0. The summed E-state index contributed by atoms with van der Waals surface area (Å²) in [7, 11) is -2.53. The highest BCUT2D eigenvalue weighted by Gasteiger charge is 2.33. The Balaban J connectivity index is 2.04. The van der Waals surface area contributed by atoms with Crippen LogP contribution in [0.4, 0.5) is 5.69 Å². The van der Waals surface area contributed by atoms with Crippen molar-refractivity contribution in [2.75, 3.05) is 17.9 Å². The van der Waals surface area contributed by atoms with E-state index in [9.17, 15) is 18.0 Å². The van der Waals surface area contributed by atoms with Crippen molar-refractivity contribution in [3.63, 3.8) is 0 Å². The molecule has 0 spiro atoms. The van der Waals surface area contributed by atoms with E-state index in [1.54, 1.807) is 36.4 Å². The second-order valence-corrected chi connectivity index (χ2v) is 10.6. The van der Waals surface area contributed by atoms with Gasteiger partial charge in [-0.25, -0.2) is 8.42 Å². The topological polar surface area (TPSA) is 86.8 Å². The van der Waals surface area contributed by atoms with Gasteiger partial charge in [-0.3, -0.25) is 13.9 Å². The SMILES string of the molecule is CC[C@@H](C(=O)NC)N(Cc1ccccc1)C(=O)CN(c1ccc(C)cc1)S(=O)(=O)c1ccc(C)cc1. The number of amides is 2. The van der Waals surface area contributed by atoms with Crippen molar-refractivity contribution in [1.82, 2.24) is 10.2 Å². The van der Waals surface area contributed by atoms with Gasteiger partial charge in [0.25, 0.3) is 10.0 Å². The molecule has 190 valence electrons. The van der Waals surface area contributed by atoms with Gasteiger partial charge in [-0.2, -0.15) is 0 Å². The molecule has 0 aliphatic carbocycles. The predicted molar refractivity (Wildman–Crippen MR) is 142 cm³/mol. The number of carbonyl (C=O) groups excluding carboxylic acids is 2. The van der Waals surface area contributed by atoms with Crippen molar-refractivity contribution in [2.24, 2.45) is 0 Å². The van der Waals surface area contributed by atoms with E-state index in [1.807, 2.05) is 51.1 Å². The molecule has 0 bridgehead atoms. The zero-order valence-electron chi connectivity index (χ0n) is 21.1. The van der Waals surface area contributed by atoms with Crippen LogP contribution in [-0.4, -0.2) is 44.8 Å². The number of hydrogen-bond acceptors (Lipinski definition) is 4. The van der Waals surface area contributed by atoms with Crippen LogP contribution in [0.3, 0.4) is 0 Å². The first kappa shape index (κ1) is 26.9. The Labute approximate surface area is 213 Å². The van der Waals surface area contributed by atoms with Crippen LogP contribution in [0.15, 0.2) is 83.8 Å². The van der Waals surface area contributed by atoms with E-state index in [2.05, 4.69) is 5.32 Å². The van der Waals surface area contributed by atoms with Crippen LogP contribution in [0.5, 0.6) is 0 Å². The highest BCUT2D eigenvalue weighted by atomic mass is 32.2. The molecule has 3 aromatic carbocycles. The number of nitrogens with one attached hydrogen (secondary N) is 1. The molecular weight excluding hydrogens is 474 g/mol. The Bertz CT molecular complexity index is 1270. The molecule has 0 aliphatic heterocycles. The number of nitrogens with zero attached hydrogens (tertiary/aromatic N) is 2. The number of rotatable bonds is 10. The van der Waals surface area contributed by atoms with Gasteiger partial charge in [0.2, 0.25) is 11.8 Å². The monoisotopic (exact) mass is 507 g/mol. The third-order valence-corrected chi connectivity index (χ3v) is 7.83. The molecule has 0 heterocycles. The molecule has 7 nitrogen and oxygen atoms in total. The Morgan fingerprint density at radius 3 is 1.94 bits per heavy atom. The maximum Gasteiger partial charge on any atom is 0.264 e. The molecule has 1 N–H and O–H groups in total.